The zero-order valence-corrected chi connectivity index (χ0v) is 11.0. The fourth-order valence-electron chi connectivity index (χ4n) is 1.67. The van der Waals surface area contributed by atoms with Crippen LogP contribution in [0, 0.1) is 5.92 Å². The molecule has 1 atom stereocenters. The molecular weight excluding hydrogens is 224 g/mol. The van der Waals surface area contributed by atoms with Crippen molar-refractivity contribution >= 4 is 17.7 Å². The van der Waals surface area contributed by atoms with Crippen molar-refractivity contribution in [3.8, 4) is 0 Å². The molecule has 16 heavy (non-hydrogen) atoms. The maximum absolute atomic E-state index is 11.1. The number of nitrogens with one attached hydrogen (secondary N) is 1. The molecule has 0 aliphatic carbocycles. The van der Waals surface area contributed by atoms with Crippen molar-refractivity contribution < 1.29 is 9.53 Å². The molecule has 1 fully saturated rings. The van der Waals surface area contributed by atoms with Crippen molar-refractivity contribution in [2.45, 2.75) is 6.92 Å². The van der Waals surface area contributed by atoms with Crippen LogP contribution >= 0.6 is 11.8 Å². The Kier molecular flexibility index (Phi) is 6.84. The second-order valence-corrected chi connectivity index (χ2v) is 5.31. The van der Waals surface area contributed by atoms with Crippen molar-refractivity contribution in [2.24, 2.45) is 5.92 Å². The van der Waals surface area contributed by atoms with Crippen molar-refractivity contribution in [1.29, 1.82) is 0 Å². The Morgan fingerprint density at radius 3 is 2.81 bits per heavy atom. The molecule has 4 nitrogen and oxygen atoms in total. The van der Waals surface area contributed by atoms with Crippen LogP contribution in [0.3, 0.4) is 0 Å². The normalized spacial score (nSPS) is 19.4. The molecule has 0 radical (unpaired) electrons. The van der Waals surface area contributed by atoms with Gasteiger partial charge >= 0.3 is 5.97 Å². The summed E-state index contributed by atoms with van der Waals surface area (Å²) in [5, 5.41) is 3.30. The summed E-state index contributed by atoms with van der Waals surface area (Å²) in [5.41, 5.74) is 0. The molecule has 94 valence electrons. The van der Waals surface area contributed by atoms with Gasteiger partial charge in [0.25, 0.3) is 0 Å². The quantitative estimate of drug-likeness (QED) is 0.544. The van der Waals surface area contributed by atoms with E-state index >= 15 is 0 Å². The molecule has 1 aliphatic rings. The van der Waals surface area contributed by atoms with E-state index in [1.54, 1.807) is 0 Å². The molecule has 0 saturated carbocycles. The lowest BCUT2D eigenvalue weighted by Gasteiger charge is -2.26. The van der Waals surface area contributed by atoms with Gasteiger partial charge < -0.3 is 15.0 Å². The molecule has 1 N–H and O–H groups in total. The van der Waals surface area contributed by atoms with Crippen LogP contribution in [0.2, 0.25) is 0 Å². The smallest absolute Gasteiger partial charge is 0.309 e. The van der Waals surface area contributed by atoms with Gasteiger partial charge in [0.15, 0.2) is 0 Å². The highest BCUT2D eigenvalue weighted by Crippen LogP contribution is 2.07. The van der Waals surface area contributed by atoms with Crippen LogP contribution in [0.1, 0.15) is 6.92 Å². The first kappa shape index (κ1) is 13.8. The van der Waals surface area contributed by atoms with E-state index in [2.05, 4.69) is 15.0 Å². The molecule has 1 heterocycles. The first-order chi connectivity index (χ1) is 7.74. The molecule has 0 amide bonds. The fraction of sp³-hybridized carbons (Fsp3) is 0.909. The second-order valence-electron chi connectivity index (χ2n) is 4.08. The summed E-state index contributed by atoms with van der Waals surface area (Å²) in [4.78, 5) is 13.6. The van der Waals surface area contributed by atoms with Crippen LogP contribution in [0.25, 0.3) is 0 Å². The highest BCUT2D eigenvalue weighted by atomic mass is 32.2. The lowest BCUT2D eigenvalue weighted by atomic mass is 10.2. The summed E-state index contributed by atoms with van der Waals surface area (Å²) in [5.74, 6) is 2.31. The predicted octanol–water partition coefficient (Wildman–Crippen LogP) is 0.434. The average molecular weight is 246 g/mol. The monoisotopic (exact) mass is 246 g/mol. The van der Waals surface area contributed by atoms with Gasteiger partial charge in [-0.15, -0.1) is 0 Å². The van der Waals surface area contributed by atoms with Gasteiger partial charge in [-0.1, -0.05) is 6.92 Å². The third-order valence-electron chi connectivity index (χ3n) is 2.76. The fourth-order valence-corrected chi connectivity index (χ4v) is 2.64. The topological polar surface area (TPSA) is 41.6 Å². The summed E-state index contributed by atoms with van der Waals surface area (Å²) >= 11 is 2.03. The Labute approximate surface area is 102 Å². The summed E-state index contributed by atoms with van der Waals surface area (Å²) in [6.07, 6.45) is 0. The molecule has 1 unspecified atom stereocenters. The van der Waals surface area contributed by atoms with Gasteiger partial charge in [0.2, 0.25) is 0 Å². The van der Waals surface area contributed by atoms with Crippen molar-refractivity contribution in [1.82, 2.24) is 10.2 Å². The number of esters is 1. The van der Waals surface area contributed by atoms with E-state index in [9.17, 15) is 4.79 Å². The summed E-state index contributed by atoms with van der Waals surface area (Å²) in [6, 6.07) is 0. The van der Waals surface area contributed by atoms with Crippen LogP contribution in [0.4, 0.5) is 0 Å². The maximum atomic E-state index is 11.1. The van der Waals surface area contributed by atoms with E-state index in [4.69, 9.17) is 0 Å². The zero-order valence-electron chi connectivity index (χ0n) is 10.2. The van der Waals surface area contributed by atoms with E-state index in [-0.39, 0.29) is 11.9 Å². The minimum absolute atomic E-state index is 0.0538. The summed E-state index contributed by atoms with van der Waals surface area (Å²) in [6.45, 7) is 7.00. The first-order valence-corrected chi connectivity index (χ1v) is 6.98. The Morgan fingerprint density at radius 2 is 2.19 bits per heavy atom. The minimum atomic E-state index is -0.137. The maximum Gasteiger partial charge on any atom is 0.309 e. The predicted molar refractivity (Wildman–Crippen MR) is 67.8 cm³/mol. The van der Waals surface area contributed by atoms with E-state index < -0.39 is 0 Å². The third-order valence-corrected chi connectivity index (χ3v) is 3.71. The molecule has 0 aromatic heterocycles. The molecular formula is C11H22N2O2S. The number of nitrogens with zero attached hydrogens (tertiary/aromatic N) is 1. The lowest BCUT2D eigenvalue weighted by Crippen LogP contribution is -2.39. The van der Waals surface area contributed by atoms with E-state index in [1.165, 1.54) is 31.7 Å². The van der Waals surface area contributed by atoms with Gasteiger partial charge in [-0.25, -0.2) is 0 Å². The number of rotatable bonds is 6. The largest absolute Gasteiger partial charge is 0.469 e. The highest BCUT2D eigenvalue weighted by molar-refractivity contribution is 7.99. The Bertz CT molecular complexity index is 208. The molecule has 1 saturated heterocycles. The van der Waals surface area contributed by atoms with E-state index in [0.717, 1.165) is 13.1 Å². The third kappa shape index (κ3) is 5.18. The van der Waals surface area contributed by atoms with Crippen molar-refractivity contribution in [3.05, 3.63) is 0 Å². The molecule has 0 aromatic rings. The number of carbonyl (C=O) groups is 1. The van der Waals surface area contributed by atoms with E-state index in [1.807, 2.05) is 18.7 Å². The van der Waals surface area contributed by atoms with Crippen LogP contribution < -0.4 is 5.32 Å². The molecule has 0 bridgehead atoms. The van der Waals surface area contributed by atoms with Crippen LogP contribution in [0.5, 0.6) is 0 Å². The zero-order chi connectivity index (χ0) is 11.8. The minimum Gasteiger partial charge on any atom is -0.469 e. The number of thioether (sulfide) groups is 1. The van der Waals surface area contributed by atoms with Crippen LogP contribution in [-0.4, -0.2) is 62.2 Å². The SMILES string of the molecule is COC(=O)C(C)CNCCN1CCSCC1. The molecule has 0 aromatic carbocycles. The Hall–Kier alpha value is -0.260. The first-order valence-electron chi connectivity index (χ1n) is 5.82. The highest BCUT2D eigenvalue weighted by Gasteiger charge is 2.13. The van der Waals surface area contributed by atoms with Crippen LogP contribution in [-0.2, 0) is 9.53 Å². The van der Waals surface area contributed by atoms with Crippen molar-refractivity contribution in [2.75, 3.05) is 51.3 Å². The van der Waals surface area contributed by atoms with Crippen molar-refractivity contribution in [3.63, 3.8) is 0 Å². The average Bonchev–Trinajstić information content (AvgIpc) is 2.34. The summed E-state index contributed by atoms with van der Waals surface area (Å²) in [7, 11) is 1.43. The van der Waals surface area contributed by atoms with Gasteiger partial charge in [0, 0.05) is 44.2 Å². The molecule has 1 rings (SSSR count). The van der Waals surface area contributed by atoms with Gasteiger partial charge in [-0.2, -0.15) is 11.8 Å². The molecule has 0 spiro atoms. The Morgan fingerprint density at radius 1 is 1.50 bits per heavy atom. The number of hydrogen-bond acceptors (Lipinski definition) is 5. The molecule has 5 heteroatoms. The van der Waals surface area contributed by atoms with E-state index in [0.29, 0.717) is 6.54 Å². The standard InChI is InChI=1S/C11H22N2O2S/c1-10(11(14)15-2)9-12-3-4-13-5-7-16-8-6-13/h10,12H,3-9H2,1-2H3. The van der Waals surface area contributed by atoms with Gasteiger partial charge in [0.05, 0.1) is 13.0 Å². The number of methoxy groups -OCH3 is 1. The van der Waals surface area contributed by atoms with Gasteiger partial charge in [-0.3, -0.25) is 4.79 Å². The Balaban J connectivity index is 2.00. The molecule has 1 aliphatic heterocycles. The lowest BCUT2D eigenvalue weighted by molar-refractivity contribution is -0.144. The summed E-state index contributed by atoms with van der Waals surface area (Å²) < 4.78 is 4.67. The van der Waals surface area contributed by atoms with Crippen LogP contribution in [0.15, 0.2) is 0 Å². The van der Waals surface area contributed by atoms with Gasteiger partial charge in [0.1, 0.15) is 0 Å². The number of hydrogen-bond donors (Lipinski definition) is 1. The number of ether oxygens (including phenoxy) is 1. The second kappa shape index (κ2) is 7.92. The number of carbonyl (C=O) groups excluding carboxylic acids is 1. The van der Waals surface area contributed by atoms with Gasteiger partial charge in [-0.05, 0) is 0 Å².